The standard InChI is InChI=1S/C14H21N3O2/c1-16-10-12(13(18)17(2)14(16)19)9-15-8-7-11-5-3-4-6-11/h5,10,15H,3-4,6-9H2,1-2H3. The van der Waals surface area contributed by atoms with Crippen molar-refractivity contribution in [3.63, 3.8) is 0 Å². The molecule has 1 heterocycles. The molecule has 0 amide bonds. The third kappa shape index (κ3) is 3.23. The Morgan fingerprint density at radius 1 is 1.32 bits per heavy atom. The van der Waals surface area contributed by atoms with Crippen LogP contribution in [0.5, 0.6) is 0 Å². The molecule has 1 aromatic heterocycles. The number of hydrogen-bond donors (Lipinski definition) is 1. The normalized spacial score (nSPS) is 14.7. The summed E-state index contributed by atoms with van der Waals surface area (Å²) in [6.07, 6.45) is 8.67. The number of hydrogen-bond acceptors (Lipinski definition) is 3. The molecule has 1 aliphatic carbocycles. The van der Waals surface area contributed by atoms with E-state index in [2.05, 4.69) is 11.4 Å². The van der Waals surface area contributed by atoms with E-state index in [-0.39, 0.29) is 11.2 Å². The molecule has 0 atom stereocenters. The fourth-order valence-corrected chi connectivity index (χ4v) is 2.44. The minimum absolute atomic E-state index is 0.212. The topological polar surface area (TPSA) is 56.0 Å². The maximum absolute atomic E-state index is 11.9. The molecule has 0 saturated heterocycles. The quantitative estimate of drug-likeness (QED) is 0.627. The van der Waals surface area contributed by atoms with Gasteiger partial charge in [0, 0.05) is 32.4 Å². The van der Waals surface area contributed by atoms with E-state index in [1.807, 2.05) is 0 Å². The van der Waals surface area contributed by atoms with E-state index < -0.39 is 0 Å². The van der Waals surface area contributed by atoms with Crippen molar-refractivity contribution in [1.29, 1.82) is 0 Å². The highest BCUT2D eigenvalue weighted by molar-refractivity contribution is 5.08. The van der Waals surface area contributed by atoms with Gasteiger partial charge >= 0.3 is 5.69 Å². The molecule has 0 aliphatic heterocycles. The molecule has 0 bridgehead atoms. The van der Waals surface area contributed by atoms with Crippen molar-refractivity contribution in [2.75, 3.05) is 6.54 Å². The fraction of sp³-hybridized carbons (Fsp3) is 0.571. The second kappa shape index (κ2) is 6.02. The van der Waals surface area contributed by atoms with E-state index in [0.717, 1.165) is 17.5 Å². The number of nitrogens with one attached hydrogen (secondary N) is 1. The molecule has 5 nitrogen and oxygen atoms in total. The molecule has 19 heavy (non-hydrogen) atoms. The number of rotatable bonds is 5. The first-order valence-corrected chi connectivity index (χ1v) is 6.74. The van der Waals surface area contributed by atoms with Gasteiger partial charge in [-0.15, -0.1) is 0 Å². The smallest absolute Gasteiger partial charge is 0.312 e. The molecule has 0 unspecified atom stereocenters. The van der Waals surface area contributed by atoms with Crippen LogP contribution in [0.2, 0.25) is 0 Å². The highest BCUT2D eigenvalue weighted by Crippen LogP contribution is 2.19. The summed E-state index contributed by atoms with van der Waals surface area (Å²) < 4.78 is 2.59. The molecule has 0 aromatic carbocycles. The van der Waals surface area contributed by atoms with Crippen molar-refractivity contribution >= 4 is 0 Å². The lowest BCUT2D eigenvalue weighted by atomic mass is 10.1. The van der Waals surface area contributed by atoms with Gasteiger partial charge < -0.3 is 9.88 Å². The molecule has 0 saturated carbocycles. The third-order valence-electron chi connectivity index (χ3n) is 3.59. The van der Waals surface area contributed by atoms with E-state index in [9.17, 15) is 9.59 Å². The van der Waals surface area contributed by atoms with Crippen molar-refractivity contribution in [3.8, 4) is 0 Å². The van der Waals surface area contributed by atoms with Crippen molar-refractivity contribution in [2.45, 2.75) is 32.2 Å². The van der Waals surface area contributed by atoms with E-state index >= 15 is 0 Å². The lowest BCUT2D eigenvalue weighted by molar-refractivity contribution is 0.627. The third-order valence-corrected chi connectivity index (χ3v) is 3.59. The second-order valence-corrected chi connectivity index (χ2v) is 5.09. The largest absolute Gasteiger partial charge is 0.330 e. The maximum atomic E-state index is 11.9. The van der Waals surface area contributed by atoms with Crippen molar-refractivity contribution < 1.29 is 0 Å². The zero-order chi connectivity index (χ0) is 13.8. The Morgan fingerprint density at radius 3 is 2.79 bits per heavy atom. The summed E-state index contributed by atoms with van der Waals surface area (Å²) in [5.74, 6) is 0. The zero-order valence-corrected chi connectivity index (χ0v) is 11.6. The van der Waals surface area contributed by atoms with Gasteiger partial charge in [-0.1, -0.05) is 11.6 Å². The number of aromatic nitrogens is 2. The lowest BCUT2D eigenvalue weighted by Gasteiger charge is -2.08. The van der Waals surface area contributed by atoms with E-state index in [1.54, 1.807) is 13.2 Å². The summed E-state index contributed by atoms with van der Waals surface area (Å²) in [4.78, 5) is 23.4. The van der Waals surface area contributed by atoms with E-state index in [4.69, 9.17) is 0 Å². The van der Waals surface area contributed by atoms with Gasteiger partial charge in [0.1, 0.15) is 0 Å². The van der Waals surface area contributed by atoms with Crippen LogP contribution in [-0.4, -0.2) is 15.7 Å². The van der Waals surface area contributed by atoms with Gasteiger partial charge in [0.15, 0.2) is 0 Å². The first kappa shape index (κ1) is 13.8. The predicted octanol–water partition coefficient (Wildman–Crippen LogP) is 0.674. The Bertz CT molecular complexity index is 596. The minimum atomic E-state index is -0.287. The highest BCUT2D eigenvalue weighted by atomic mass is 16.2. The summed E-state index contributed by atoms with van der Waals surface area (Å²) in [7, 11) is 3.17. The van der Waals surface area contributed by atoms with Crippen LogP contribution in [-0.2, 0) is 20.6 Å². The zero-order valence-electron chi connectivity index (χ0n) is 11.6. The summed E-state index contributed by atoms with van der Waals surface area (Å²) in [5, 5.41) is 3.27. The highest BCUT2D eigenvalue weighted by Gasteiger charge is 2.07. The minimum Gasteiger partial charge on any atom is -0.312 e. The van der Waals surface area contributed by atoms with Crippen LogP contribution in [0.4, 0.5) is 0 Å². The molecule has 1 N–H and O–H groups in total. The molecule has 0 fully saturated rings. The molecular weight excluding hydrogens is 242 g/mol. The van der Waals surface area contributed by atoms with Gasteiger partial charge in [-0.25, -0.2) is 4.79 Å². The predicted molar refractivity (Wildman–Crippen MR) is 75.2 cm³/mol. The molecule has 104 valence electrons. The van der Waals surface area contributed by atoms with E-state index in [1.165, 1.54) is 36.5 Å². The SMILES string of the molecule is Cn1cc(CNCCC2=CCCC2)c(=O)n(C)c1=O. The Morgan fingerprint density at radius 2 is 2.11 bits per heavy atom. The van der Waals surface area contributed by atoms with Crippen LogP contribution >= 0.6 is 0 Å². The van der Waals surface area contributed by atoms with Crippen LogP contribution in [0, 0.1) is 0 Å². The maximum Gasteiger partial charge on any atom is 0.330 e. The average molecular weight is 263 g/mol. The van der Waals surface area contributed by atoms with Crippen LogP contribution < -0.4 is 16.6 Å². The van der Waals surface area contributed by atoms with Crippen LogP contribution in [0.3, 0.4) is 0 Å². The summed E-state index contributed by atoms with van der Waals surface area (Å²) in [5.41, 5.74) is 1.64. The van der Waals surface area contributed by atoms with E-state index in [0.29, 0.717) is 12.1 Å². The molecule has 2 rings (SSSR count). The first-order chi connectivity index (χ1) is 9.09. The van der Waals surface area contributed by atoms with Crippen LogP contribution in [0.1, 0.15) is 31.2 Å². The average Bonchev–Trinajstić information content (AvgIpc) is 2.91. The van der Waals surface area contributed by atoms with Crippen LogP contribution in [0.15, 0.2) is 27.4 Å². The Kier molecular flexibility index (Phi) is 4.37. The summed E-state index contributed by atoms with van der Waals surface area (Å²) in [6, 6.07) is 0. The lowest BCUT2D eigenvalue weighted by Crippen LogP contribution is -2.39. The number of aryl methyl sites for hydroxylation is 1. The van der Waals surface area contributed by atoms with Crippen molar-refractivity contribution in [3.05, 3.63) is 44.2 Å². The summed E-state index contributed by atoms with van der Waals surface area (Å²) in [6.45, 7) is 1.38. The summed E-state index contributed by atoms with van der Waals surface area (Å²) >= 11 is 0. The Labute approximate surface area is 112 Å². The van der Waals surface area contributed by atoms with Crippen LogP contribution in [0.25, 0.3) is 0 Å². The first-order valence-electron chi connectivity index (χ1n) is 6.74. The van der Waals surface area contributed by atoms with Gasteiger partial charge in [-0.05, 0) is 32.2 Å². The molecule has 0 radical (unpaired) electrons. The van der Waals surface area contributed by atoms with Gasteiger partial charge in [0.05, 0.1) is 0 Å². The van der Waals surface area contributed by atoms with Gasteiger partial charge in [-0.3, -0.25) is 9.36 Å². The second-order valence-electron chi connectivity index (χ2n) is 5.09. The fourth-order valence-electron chi connectivity index (χ4n) is 2.44. The molecule has 1 aliphatic rings. The Hall–Kier alpha value is -1.62. The number of nitrogens with zero attached hydrogens (tertiary/aromatic N) is 2. The van der Waals surface area contributed by atoms with Gasteiger partial charge in [0.25, 0.3) is 5.56 Å². The molecule has 5 heteroatoms. The monoisotopic (exact) mass is 263 g/mol. The van der Waals surface area contributed by atoms with Gasteiger partial charge in [0.2, 0.25) is 0 Å². The van der Waals surface area contributed by atoms with Crippen molar-refractivity contribution in [2.24, 2.45) is 14.1 Å². The van der Waals surface area contributed by atoms with Crippen molar-refractivity contribution in [1.82, 2.24) is 14.5 Å². The molecule has 0 spiro atoms. The molecular formula is C14H21N3O2. The van der Waals surface area contributed by atoms with Gasteiger partial charge in [-0.2, -0.15) is 0 Å². The number of allylic oxidation sites excluding steroid dienone is 1. The Balaban J connectivity index is 1.93. The molecule has 1 aromatic rings.